The summed E-state index contributed by atoms with van der Waals surface area (Å²) >= 11 is 1.37. The van der Waals surface area contributed by atoms with Crippen LogP contribution >= 0.6 is 11.8 Å². The minimum Gasteiger partial charge on any atom is -0.502 e. The lowest BCUT2D eigenvalue weighted by Gasteiger charge is -2.54. The molecule has 3 aliphatic rings. The maximum absolute atomic E-state index is 15.2. The molecule has 2 atom stereocenters. The zero-order valence-corrected chi connectivity index (χ0v) is 20.2. The van der Waals surface area contributed by atoms with Crippen LogP contribution in [-0.4, -0.2) is 44.9 Å². The highest BCUT2D eigenvalue weighted by molar-refractivity contribution is 7.98. The molecule has 2 aromatic carbocycles. The van der Waals surface area contributed by atoms with Crippen molar-refractivity contribution in [2.75, 3.05) is 18.1 Å². The number of piperazine rings is 1. The number of nitrogens with two attached hydrogens (primary N) is 2. The van der Waals surface area contributed by atoms with Gasteiger partial charge < -0.3 is 20.7 Å². The van der Waals surface area contributed by atoms with E-state index in [9.17, 15) is 19.1 Å². The Balaban J connectivity index is 1.71. The number of nitrogens with zero attached hydrogens (tertiary/aromatic N) is 4. The number of rotatable bonds is 1. The molecule has 4 heterocycles. The van der Waals surface area contributed by atoms with Crippen LogP contribution in [0.2, 0.25) is 0 Å². The van der Waals surface area contributed by atoms with E-state index in [-0.39, 0.29) is 30.1 Å². The lowest BCUT2D eigenvalue weighted by atomic mass is 9.92. The van der Waals surface area contributed by atoms with Crippen molar-refractivity contribution in [2.24, 2.45) is 11.6 Å². The Morgan fingerprint density at radius 1 is 1.05 bits per heavy atom. The van der Waals surface area contributed by atoms with E-state index in [4.69, 9.17) is 11.6 Å². The summed E-state index contributed by atoms with van der Waals surface area (Å²) in [5.41, 5.74) is 6.87. The summed E-state index contributed by atoms with van der Waals surface area (Å²) in [6.45, 7) is 0.425. The Bertz CT molecular complexity index is 1540. The van der Waals surface area contributed by atoms with Crippen LogP contribution < -0.4 is 22.0 Å². The van der Waals surface area contributed by atoms with Gasteiger partial charge >= 0.3 is 0 Å². The largest absolute Gasteiger partial charge is 0.502 e. The number of aromatic hydroxyl groups is 1. The van der Waals surface area contributed by atoms with Crippen molar-refractivity contribution in [3.05, 3.63) is 105 Å². The summed E-state index contributed by atoms with van der Waals surface area (Å²) in [5, 5.41) is 13.9. The van der Waals surface area contributed by atoms with Gasteiger partial charge in [-0.05, 0) is 23.3 Å². The van der Waals surface area contributed by atoms with E-state index in [2.05, 4.69) is 0 Å². The number of benzene rings is 2. The first kappa shape index (κ1) is 23.4. The van der Waals surface area contributed by atoms with Crippen molar-refractivity contribution in [1.29, 1.82) is 0 Å². The number of fused-ring (bicyclic) bond motifs is 4. The average molecular weight is 525 g/mol. The second kappa shape index (κ2) is 8.53. The number of thioether (sulfide) groups is 1. The first-order chi connectivity index (χ1) is 17.8. The summed E-state index contributed by atoms with van der Waals surface area (Å²) in [4.78, 5) is 28.3. The first-order valence-electron chi connectivity index (χ1n) is 11.5. The van der Waals surface area contributed by atoms with Crippen LogP contribution in [-0.2, 0) is 5.75 Å². The predicted molar refractivity (Wildman–Crippen MR) is 133 cm³/mol. The van der Waals surface area contributed by atoms with E-state index in [1.54, 1.807) is 5.01 Å². The van der Waals surface area contributed by atoms with Crippen molar-refractivity contribution >= 4 is 17.7 Å². The fourth-order valence-electron chi connectivity index (χ4n) is 5.33. The topological polar surface area (TPSA) is 121 Å². The molecule has 0 saturated carbocycles. The van der Waals surface area contributed by atoms with Gasteiger partial charge in [0.15, 0.2) is 29.2 Å². The zero-order chi connectivity index (χ0) is 26.0. The number of hydrogen-bond donors (Lipinski definition) is 3. The van der Waals surface area contributed by atoms with Gasteiger partial charge in [-0.2, -0.15) is 0 Å². The second-order valence-corrected chi connectivity index (χ2v) is 9.93. The van der Waals surface area contributed by atoms with Crippen LogP contribution in [0, 0.1) is 11.6 Å². The van der Waals surface area contributed by atoms with E-state index in [0.717, 1.165) is 22.6 Å². The molecule has 0 aliphatic carbocycles. The Kier molecular flexibility index (Phi) is 5.39. The average Bonchev–Trinajstić information content (AvgIpc) is 3.06. The summed E-state index contributed by atoms with van der Waals surface area (Å²) in [5.74, 6) is 3.26. The van der Waals surface area contributed by atoms with E-state index in [1.165, 1.54) is 44.8 Å². The van der Waals surface area contributed by atoms with Crippen molar-refractivity contribution in [1.82, 2.24) is 14.6 Å². The third kappa shape index (κ3) is 3.32. The van der Waals surface area contributed by atoms with Gasteiger partial charge in [0.2, 0.25) is 5.43 Å². The standard InChI is InChI=1S/C25H22F2N6O3S/c26-16-6-5-13-15(20(16)27)12-37-19-4-2-1-3-14(19)21(13)33-24-17(11-28)31(29)10-9-30(24)25(36)22-23(35)18(34)7-8-32(22)33/h1-8,11,21,24,35H,9-10,12,28-29H2/b17-11-/t21?,24-/m1/s1. The molecule has 0 bridgehead atoms. The van der Waals surface area contributed by atoms with Gasteiger partial charge in [-0.15, -0.1) is 11.8 Å². The molecule has 37 heavy (non-hydrogen) atoms. The molecule has 1 amide bonds. The van der Waals surface area contributed by atoms with Crippen LogP contribution in [0.3, 0.4) is 0 Å². The highest BCUT2D eigenvalue weighted by atomic mass is 32.2. The number of halogens is 2. The minimum absolute atomic E-state index is 0.171. The summed E-state index contributed by atoms with van der Waals surface area (Å²) in [6, 6.07) is 10.4. The molecular weight excluding hydrogens is 502 g/mol. The third-order valence-corrected chi connectivity index (χ3v) is 8.15. The van der Waals surface area contributed by atoms with Gasteiger partial charge in [0.1, 0.15) is 0 Å². The van der Waals surface area contributed by atoms with E-state index < -0.39 is 40.9 Å². The molecule has 1 unspecified atom stereocenters. The molecule has 12 heteroatoms. The van der Waals surface area contributed by atoms with Crippen LogP contribution in [0.25, 0.3) is 0 Å². The molecule has 190 valence electrons. The van der Waals surface area contributed by atoms with Crippen molar-refractivity contribution in [2.45, 2.75) is 22.9 Å². The van der Waals surface area contributed by atoms with E-state index in [1.807, 2.05) is 24.3 Å². The maximum atomic E-state index is 15.2. The molecule has 9 nitrogen and oxygen atoms in total. The van der Waals surface area contributed by atoms with Gasteiger partial charge in [0.05, 0.1) is 18.3 Å². The van der Waals surface area contributed by atoms with Gasteiger partial charge in [0.25, 0.3) is 5.91 Å². The molecule has 1 saturated heterocycles. The fourth-order valence-corrected chi connectivity index (χ4v) is 6.44. The third-order valence-electron chi connectivity index (χ3n) is 7.04. The van der Waals surface area contributed by atoms with Crippen LogP contribution in [0.4, 0.5) is 8.78 Å². The molecule has 3 aromatic rings. The number of pyridine rings is 1. The highest BCUT2D eigenvalue weighted by Gasteiger charge is 2.48. The quantitative estimate of drug-likeness (QED) is 0.413. The monoisotopic (exact) mass is 524 g/mol. The smallest absolute Gasteiger partial charge is 0.278 e. The Labute approximate surface area is 214 Å². The normalized spacial score (nSPS) is 21.8. The molecule has 0 spiro atoms. The van der Waals surface area contributed by atoms with Crippen LogP contribution in [0.1, 0.15) is 33.2 Å². The minimum atomic E-state index is -0.963. The summed E-state index contributed by atoms with van der Waals surface area (Å²) < 4.78 is 31.0. The van der Waals surface area contributed by atoms with Crippen LogP contribution in [0.5, 0.6) is 5.75 Å². The Morgan fingerprint density at radius 3 is 2.62 bits per heavy atom. The molecular formula is C25H22F2N6O3S. The Morgan fingerprint density at radius 2 is 1.84 bits per heavy atom. The van der Waals surface area contributed by atoms with Crippen molar-refractivity contribution in [3.63, 3.8) is 0 Å². The van der Waals surface area contributed by atoms with Gasteiger partial charge in [-0.25, -0.2) is 14.6 Å². The zero-order valence-electron chi connectivity index (χ0n) is 19.3. The van der Waals surface area contributed by atoms with Gasteiger partial charge in [0, 0.05) is 41.2 Å². The number of hydrazine groups is 1. The number of aromatic nitrogens is 1. The number of hydrogen-bond acceptors (Lipinski definition) is 8. The molecule has 1 aromatic heterocycles. The van der Waals surface area contributed by atoms with E-state index in [0.29, 0.717) is 11.3 Å². The molecule has 5 N–H and O–H groups in total. The Hall–Kier alpha value is -4.03. The predicted octanol–water partition coefficient (Wildman–Crippen LogP) is 1.94. The number of amides is 1. The lowest BCUT2D eigenvalue weighted by molar-refractivity contribution is 0.0429. The van der Waals surface area contributed by atoms with Crippen molar-refractivity contribution < 1.29 is 18.7 Å². The molecule has 0 radical (unpaired) electrons. The SMILES string of the molecule is N/C=C1/[C@@H]2N(CCN1N)C(=O)c1c(O)c(=O)ccn1N2C1c2ccccc2SCc2c1ccc(F)c2F. The fraction of sp³-hybridized carbons (Fsp3) is 0.200. The maximum Gasteiger partial charge on any atom is 0.278 e. The van der Waals surface area contributed by atoms with Crippen LogP contribution in [0.15, 0.2) is 70.2 Å². The molecule has 1 fully saturated rings. The van der Waals surface area contributed by atoms with Crippen molar-refractivity contribution in [3.8, 4) is 5.75 Å². The first-order valence-corrected chi connectivity index (χ1v) is 12.5. The van der Waals surface area contributed by atoms with E-state index >= 15 is 4.39 Å². The summed E-state index contributed by atoms with van der Waals surface area (Å²) in [6.07, 6.45) is 1.80. The van der Waals surface area contributed by atoms with Gasteiger partial charge in [-0.3, -0.25) is 19.3 Å². The highest BCUT2D eigenvalue weighted by Crippen LogP contribution is 2.46. The van der Waals surface area contributed by atoms with Gasteiger partial charge in [-0.1, -0.05) is 24.3 Å². The summed E-state index contributed by atoms with van der Waals surface area (Å²) in [7, 11) is 0. The second-order valence-electron chi connectivity index (χ2n) is 8.92. The molecule has 3 aliphatic heterocycles. The number of carbonyl (C=O) groups is 1. The lowest BCUT2D eigenvalue weighted by Crippen LogP contribution is -2.68. The number of carbonyl (C=O) groups excluding carboxylic acids is 1. The molecule has 6 rings (SSSR count).